The Morgan fingerprint density at radius 1 is 1.12 bits per heavy atom. The second-order valence-electron chi connectivity index (χ2n) is 4.64. The summed E-state index contributed by atoms with van der Waals surface area (Å²) in [6.45, 7) is 8.04. The number of likely N-dealkylation sites (N-methyl/N-ethyl adjacent to an activating group) is 1. The summed E-state index contributed by atoms with van der Waals surface area (Å²) in [5, 5.41) is 1.34. The van der Waals surface area contributed by atoms with E-state index >= 15 is 0 Å². The molecule has 0 amide bonds. The van der Waals surface area contributed by atoms with Crippen LogP contribution in [0.5, 0.6) is 0 Å². The van der Waals surface area contributed by atoms with Crippen molar-refractivity contribution in [3.63, 3.8) is 0 Å². The average Bonchev–Trinajstić information content (AvgIpc) is 2.87. The lowest BCUT2D eigenvalue weighted by atomic mass is 10.2. The maximum atomic E-state index is 3.28. The van der Waals surface area contributed by atoms with E-state index in [1.165, 1.54) is 36.2 Å². The van der Waals surface area contributed by atoms with Crippen LogP contribution in [0.1, 0.15) is 6.92 Å². The van der Waals surface area contributed by atoms with Crippen molar-refractivity contribution in [2.45, 2.75) is 6.92 Å². The summed E-state index contributed by atoms with van der Waals surface area (Å²) in [6.07, 6.45) is 2.02. The van der Waals surface area contributed by atoms with Gasteiger partial charge in [0, 0.05) is 49.0 Å². The van der Waals surface area contributed by atoms with Crippen LogP contribution in [0.2, 0.25) is 0 Å². The Morgan fingerprint density at radius 2 is 1.94 bits per heavy atom. The quantitative estimate of drug-likeness (QED) is 0.853. The van der Waals surface area contributed by atoms with Crippen LogP contribution in [-0.4, -0.2) is 42.6 Å². The first-order chi connectivity index (χ1) is 8.38. The predicted octanol–water partition coefficient (Wildman–Crippen LogP) is 2.31. The van der Waals surface area contributed by atoms with E-state index in [0.29, 0.717) is 0 Å². The first-order valence-corrected chi connectivity index (χ1v) is 6.42. The van der Waals surface area contributed by atoms with Crippen molar-refractivity contribution in [1.82, 2.24) is 9.88 Å². The van der Waals surface area contributed by atoms with Gasteiger partial charge in [0.2, 0.25) is 0 Å². The largest absolute Gasteiger partial charge is 0.368 e. The van der Waals surface area contributed by atoms with Gasteiger partial charge in [-0.15, -0.1) is 0 Å². The predicted molar refractivity (Wildman–Crippen MR) is 72.6 cm³/mol. The molecule has 2 aromatic rings. The SMILES string of the molecule is CCN1CCN(c2cccc3[nH]ccc23)CC1. The monoisotopic (exact) mass is 229 g/mol. The number of benzene rings is 1. The zero-order chi connectivity index (χ0) is 11.7. The van der Waals surface area contributed by atoms with Crippen LogP contribution in [0.15, 0.2) is 30.5 Å². The fourth-order valence-corrected chi connectivity index (χ4v) is 2.65. The summed E-state index contributed by atoms with van der Waals surface area (Å²) in [5.41, 5.74) is 2.61. The van der Waals surface area contributed by atoms with Crippen molar-refractivity contribution in [3.8, 4) is 0 Å². The summed E-state index contributed by atoms with van der Waals surface area (Å²) in [7, 11) is 0. The molecule has 3 nitrogen and oxygen atoms in total. The first-order valence-electron chi connectivity index (χ1n) is 6.42. The lowest BCUT2D eigenvalue weighted by Gasteiger charge is -2.35. The minimum absolute atomic E-state index is 1.14. The van der Waals surface area contributed by atoms with Gasteiger partial charge in [-0.2, -0.15) is 0 Å². The smallest absolute Gasteiger partial charge is 0.0474 e. The lowest BCUT2D eigenvalue weighted by molar-refractivity contribution is 0.271. The number of rotatable bonds is 2. The van der Waals surface area contributed by atoms with E-state index in [0.717, 1.165) is 13.1 Å². The van der Waals surface area contributed by atoms with Crippen molar-refractivity contribution in [3.05, 3.63) is 30.5 Å². The fourth-order valence-electron chi connectivity index (χ4n) is 2.65. The van der Waals surface area contributed by atoms with Crippen molar-refractivity contribution in [2.24, 2.45) is 0 Å². The zero-order valence-electron chi connectivity index (χ0n) is 10.3. The van der Waals surface area contributed by atoms with E-state index < -0.39 is 0 Å². The Hall–Kier alpha value is -1.48. The summed E-state index contributed by atoms with van der Waals surface area (Å²) < 4.78 is 0. The number of nitrogens with zero attached hydrogens (tertiary/aromatic N) is 2. The number of aromatic nitrogens is 1. The van der Waals surface area contributed by atoms with Gasteiger partial charge < -0.3 is 14.8 Å². The topological polar surface area (TPSA) is 22.3 Å². The van der Waals surface area contributed by atoms with Gasteiger partial charge in [0.1, 0.15) is 0 Å². The van der Waals surface area contributed by atoms with Crippen LogP contribution in [0.3, 0.4) is 0 Å². The third-order valence-corrected chi connectivity index (χ3v) is 3.73. The lowest BCUT2D eigenvalue weighted by Crippen LogP contribution is -2.46. The highest BCUT2D eigenvalue weighted by molar-refractivity contribution is 5.92. The molecule has 1 aromatic carbocycles. The molecule has 90 valence electrons. The molecule has 2 heterocycles. The summed E-state index contributed by atoms with van der Waals surface area (Å²) in [4.78, 5) is 8.29. The van der Waals surface area contributed by atoms with Gasteiger partial charge in [-0.1, -0.05) is 13.0 Å². The van der Waals surface area contributed by atoms with E-state index in [4.69, 9.17) is 0 Å². The van der Waals surface area contributed by atoms with Crippen molar-refractivity contribution in [2.75, 3.05) is 37.6 Å². The van der Waals surface area contributed by atoms with Gasteiger partial charge in [-0.3, -0.25) is 0 Å². The fraction of sp³-hybridized carbons (Fsp3) is 0.429. The normalized spacial score (nSPS) is 17.8. The van der Waals surface area contributed by atoms with E-state index in [9.17, 15) is 0 Å². The average molecular weight is 229 g/mol. The van der Waals surface area contributed by atoms with Crippen LogP contribution in [0.25, 0.3) is 10.9 Å². The second-order valence-corrected chi connectivity index (χ2v) is 4.64. The molecule has 3 rings (SSSR count). The van der Waals surface area contributed by atoms with Gasteiger partial charge >= 0.3 is 0 Å². The number of nitrogens with one attached hydrogen (secondary N) is 1. The Balaban J connectivity index is 1.87. The number of H-pyrrole nitrogens is 1. The molecule has 0 unspecified atom stereocenters. The molecule has 0 aliphatic carbocycles. The van der Waals surface area contributed by atoms with E-state index in [1.54, 1.807) is 0 Å². The molecule has 1 fully saturated rings. The molecule has 3 heteroatoms. The highest BCUT2D eigenvalue weighted by Gasteiger charge is 2.17. The number of aromatic amines is 1. The van der Waals surface area contributed by atoms with Crippen molar-refractivity contribution >= 4 is 16.6 Å². The van der Waals surface area contributed by atoms with Gasteiger partial charge in [0.15, 0.2) is 0 Å². The Morgan fingerprint density at radius 3 is 2.71 bits per heavy atom. The van der Waals surface area contributed by atoms with Crippen LogP contribution in [0, 0.1) is 0 Å². The Kier molecular flexibility index (Phi) is 2.77. The molecule has 0 bridgehead atoms. The molecular weight excluding hydrogens is 210 g/mol. The second kappa shape index (κ2) is 4.41. The molecular formula is C14H19N3. The Labute approximate surface area is 102 Å². The molecule has 0 spiro atoms. The number of fused-ring (bicyclic) bond motifs is 1. The van der Waals surface area contributed by atoms with Crippen molar-refractivity contribution in [1.29, 1.82) is 0 Å². The van der Waals surface area contributed by atoms with Gasteiger partial charge in [0.05, 0.1) is 0 Å². The minimum Gasteiger partial charge on any atom is -0.368 e. The molecule has 0 atom stereocenters. The molecule has 1 aliphatic rings. The van der Waals surface area contributed by atoms with Crippen LogP contribution < -0.4 is 4.90 Å². The number of anilines is 1. The van der Waals surface area contributed by atoms with Crippen molar-refractivity contribution < 1.29 is 0 Å². The minimum atomic E-state index is 1.14. The molecule has 1 aromatic heterocycles. The van der Waals surface area contributed by atoms with E-state index in [1.807, 2.05) is 6.20 Å². The Bertz CT molecular complexity index is 495. The third kappa shape index (κ3) is 1.91. The van der Waals surface area contributed by atoms with Gasteiger partial charge in [0.25, 0.3) is 0 Å². The number of piperazine rings is 1. The first kappa shape index (κ1) is 10.7. The molecule has 17 heavy (non-hydrogen) atoms. The van der Waals surface area contributed by atoms with Crippen LogP contribution in [-0.2, 0) is 0 Å². The van der Waals surface area contributed by atoms with Gasteiger partial charge in [-0.25, -0.2) is 0 Å². The number of hydrogen-bond donors (Lipinski definition) is 1. The maximum absolute atomic E-state index is 3.28. The maximum Gasteiger partial charge on any atom is 0.0474 e. The van der Waals surface area contributed by atoms with Crippen LogP contribution >= 0.6 is 0 Å². The molecule has 0 saturated carbocycles. The van der Waals surface area contributed by atoms with E-state index in [-0.39, 0.29) is 0 Å². The number of hydrogen-bond acceptors (Lipinski definition) is 2. The molecule has 1 N–H and O–H groups in total. The summed E-state index contributed by atoms with van der Waals surface area (Å²) in [5.74, 6) is 0. The standard InChI is InChI=1S/C14H19N3/c1-2-16-8-10-17(11-9-16)14-5-3-4-13-12(14)6-7-15-13/h3-7,15H,2,8-11H2,1H3. The third-order valence-electron chi connectivity index (χ3n) is 3.73. The van der Waals surface area contributed by atoms with E-state index in [2.05, 4.69) is 46.0 Å². The molecule has 0 radical (unpaired) electrons. The van der Waals surface area contributed by atoms with Crippen LogP contribution in [0.4, 0.5) is 5.69 Å². The zero-order valence-corrected chi connectivity index (χ0v) is 10.3. The summed E-state index contributed by atoms with van der Waals surface area (Å²) >= 11 is 0. The highest BCUT2D eigenvalue weighted by atomic mass is 15.3. The molecule has 1 saturated heterocycles. The van der Waals surface area contributed by atoms with Gasteiger partial charge in [-0.05, 0) is 24.7 Å². The highest BCUT2D eigenvalue weighted by Crippen LogP contribution is 2.26. The summed E-state index contributed by atoms with van der Waals surface area (Å²) in [6, 6.07) is 8.69. The molecule has 1 aliphatic heterocycles.